The number of likely N-dealkylation sites (tertiary alicyclic amines) is 1. The molecule has 5 rings (SSSR count). The Bertz CT molecular complexity index is 1360. The number of rotatable bonds is 5. The molecule has 0 saturated carbocycles. The second-order valence-electron chi connectivity index (χ2n) is 9.21. The summed E-state index contributed by atoms with van der Waals surface area (Å²) in [5.41, 5.74) is 3.56. The summed E-state index contributed by atoms with van der Waals surface area (Å²) in [4.78, 5) is 45.0. The Balaban J connectivity index is 1.34. The predicted molar refractivity (Wildman–Crippen MR) is 133 cm³/mol. The number of hydrogen-bond acceptors (Lipinski definition) is 7. The molecule has 9 nitrogen and oxygen atoms in total. The lowest BCUT2D eigenvalue weighted by atomic mass is 9.96. The van der Waals surface area contributed by atoms with Gasteiger partial charge in [-0.2, -0.15) is 5.10 Å². The lowest BCUT2D eigenvalue weighted by Gasteiger charge is -2.31. The quantitative estimate of drug-likeness (QED) is 0.396. The zero-order chi connectivity index (χ0) is 24.7. The molecule has 4 heterocycles. The highest BCUT2D eigenvalue weighted by Crippen LogP contribution is 2.34. The number of benzene rings is 1. The van der Waals surface area contributed by atoms with Crippen LogP contribution in [0.25, 0.3) is 16.7 Å². The highest BCUT2D eigenvalue weighted by atomic mass is 32.2. The van der Waals surface area contributed by atoms with Crippen molar-refractivity contribution in [2.45, 2.75) is 51.2 Å². The first-order valence-electron chi connectivity index (χ1n) is 12.0. The number of ether oxygens (including phenoxy) is 1. The Labute approximate surface area is 207 Å². The van der Waals surface area contributed by atoms with Crippen molar-refractivity contribution < 1.29 is 14.3 Å². The van der Waals surface area contributed by atoms with Gasteiger partial charge in [-0.15, -0.1) is 0 Å². The number of esters is 1. The van der Waals surface area contributed by atoms with Crippen molar-refractivity contribution in [1.82, 2.24) is 24.2 Å². The van der Waals surface area contributed by atoms with E-state index in [1.54, 1.807) is 27.3 Å². The zero-order valence-corrected chi connectivity index (χ0v) is 21.0. The summed E-state index contributed by atoms with van der Waals surface area (Å²) in [6.07, 6.45) is 3.03. The second kappa shape index (κ2) is 9.49. The van der Waals surface area contributed by atoms with Crippen molar-refractivity contribution in [2.75, 3.05) is 25.4 Å². The zero-order valence-electron chi connectivity index (χ0n) is 20.2. The first-order valence-corrected chi connectivity index (χ1v) is 13.0. The number of piperidine rings is 1. The van der Waals surface area contributed by atoms with E-state index in [9.17, 15) is 14.4 Å². The van der Waals surface area contributed by atoms with Gasteiger partial charge in [-0.25, -0.2) is 9.67 Å². The lowest BCUT2D eigenvalue weighted by Crippen LogP contribution is -2.41. The fourth-order valence-electron chi connectivity index (χ4n) is 4.78. The highest BCUT2D eigenvalue weighted by Gasteiger charge is 2.33. The van der Waals surface area contributed by atoms with Crippen LogP contribution in [0.1, 0.15) is 43.4 Å². The van der Waals surface area contributed by atoms with Crippen LogP contribution < -0.4 is 5.56 Å². The van der Waals surface area contributed by atoms with E-state index in [1.807, 2.05) is 25.1 Å². The number of amides is 1. The van der Waals surface area contributed by atoms with Gasteiger partial charge in [0.15, 0.2) is 10.8 Å². The largest absolute Gasteiger partial charge is 0.466 e. The summed E-state index contributed by atoms with van der Waals surface area (Å²) in [5, 5.41) is 5.51. The molecule has 2 aromatic heterocycles. The van der Waals surface area contributed by atoms with E-state index in [2.05, 4.69) is 12.0 Å². The number of nitrogens with zero attached hydrogens (tertiary/aromatic N) is 5. The molecule has 0 bridgehead atoms. The van der Waals surface area contributed by atoms with E-state index in [1.165, 1.54) is 17.3 Å². The van der Waals surface area contributed by atoms with Gasteiger partial charge in [0.05, 0.1) is 30.5 Å². The van der Waals surface area contributed by atoms with Crippen LogP contribution in [0.15, 0.2) is 34.3 Å². The van der Waals surface area contributed by atoms with Gasteiger partial charge in [-0.05, 0) is 56.9 Å². The Morgan fingerprint density at radius 1 is 1.17 bits per heavy atom. The molecule has 0 N–H and O–H groups in total. The molecule has 184 valence electrons. The second-order valence-corrected chi connectivity index (χ2v) is 10.2. The van der Waals surface area contributed by atoms with Gasteiger partial charge < -0.3 is 9.64 Å². The van der Waals surface area contributed by atoms with Gasteiger partial charge in [-0.1, -0.05) is 17.8 Å². The molecule has 2 aliphatic rings. The fourth-order valence-corrected chi connectivity index (χ4v) is 5.91. The summed E-state index contributed by atoms with van der Waals surface area (Å²) in [6.45, 7) is 7.33. The van der Waals surface area contributed by atoms with Crippen LogP contribution in [0.4, 0.5) is 0 Å². The van der Waals surface area contributed by atoms with Gasteiger partial charge in [-0.3, -0.25) is 19.0 Å². The molecule has 1 unspecified atom stereocenters. The Morgan fingerprint density at radius 3 is 2.66 bits per heavy atom. The fraction of sp³-hybridized carbons (Fsp3) is 0.480. The van der Waals surface area contributed by atoms with Crippen LogP contribution in [0.2, 0.25) is 0 Å². The Hall–Kier alpha value is -3.14. The molecule has 35 heavy (non-hydrogen) atoms. The van der Waals surface area contributed by atoms with Crippen molar-refractivity contribution in [2.24, 2.45) is 5.92 Å². The van der Waals surface area contributed by atoms with Crippen LogP contribution in [0, 0.1) is 19.8 Å². The van der Waals surface area contributed by atoms with E-state index in [0.29, 0.717) is 54.5 Å². The summed E-state index contributed by atoms with van der Waals surface area (Å²) >= 11 is 1.50. The molecule has 0 radical (unpaired) electrons. The van der Waals surface area contributed by atoms with E-state index in [-0.39, 0.29) is 35.8 Å². The molecule has 3 aromatic rings. The molecule has 1 saturated heterocycles. The van der Waals surface area contributed by atoms with Gasteiger partial charge >= 0.3 is 5.97 Å². The number of carbonyl (C=O) groups is 2. The van der Waals surface area contributed by atoms with Crippen LogP contribution in [0.5, 0.6) is 0 Å². The van der Waals surface area contributed by atoms with Crippen LogP contribution in [0.3, 0.4) is 0 Å². The lowest BCUT2D eigenvalue weighted by molar-refractivity contribution is -0.151. The smallest absolute Gasteiger partial charge is 0.309 e. The van der Waals surface area contributed by atoms with E-state index in [4.69, 9.17) is 9.72 Å². The molecular weight excluding hydrogens is 466 g/mol. The maximum absolute atomic E-state index is 13.4. The van der Waals surface area contributed by atoms with Gasteiger partial charge in [0.1, 0.15) is 5.39 Å². The number of thioether (sulfide) groups is 1. The average Bonchev–Trinajstić information content (AvgIpc) is 3.46. The van der Waals surface area contributed by atoms with Crippen LogP contribution in [-0.4, -0.2) is 61.6 Å². The third-order valence-electron chi connectivity index (χ3n) is 6.98. The first-order chi connectivity index (χ1) is 16.9. The maximum Gasteiger partial charge on any atom is 0.309 e. The first kappa shape index (κ1) is 23.6. The van der Waals surface area contributed by atoms with Crippen LogP contribution in [-0.2, 0) is 14.3 Å². The number of carbonyl (C=O) groups excluding carboxylic acids is 2. The van der Waals surface area contributed by atoms with Gasteiger partial charge in [0.2, 0.25) is 5.91 Å². The van der Waals surface area contributed by atoms with Crippen molar-refractivity contribution in [1.29, 1.82) is 0 Å². The number of hydrogen-bond donors (Lipinski definition) is 0. The third-order valence-corrected chi connectivity index (χ3v) is 8.08. The SMILES string of the molecule is CCOC(=O)C1CCN(C(=O)CC2CSc3nc4c(cnn4-c4ccc(C)c(C)c4)c(=O)n32)CC1. The Kier molecular flexibility index (Phi) is 6.39. The molecule has 1 aromatic carbocycles. The van der Waals surface area contributed by atoms with Crippen molar-refractivity contribution in [3.05, 3.63) is 45.9 Å². The normalized spacial score (nSPS) is 18.1. The number of fused-ring (bicyclic) bond motifs is 2. The van der Waals surface area contributed by atoms with Gasteiger partial charge in [0, 0.05) is 25.3 Å². The summed E-state index contributed by atoms with van der Waals surface area (Å²) in [5.74, 6) is 0.305. The monoisotopic (exact) mass is 495 g/mol. The summed E-state index contributed by atoms with van der Waals surface area (Å²) in [6, 6.07) is 5.79. The standard InChI is InChI=1S/C25H29N5O4S/c1-4-34-24(33)17-7-9-28(10-8-17)21(31)12-19-14-35-25-27-22-20(23(32)29(19)25)13-26-30(22)18-6-5-15(2)16(3)11-18/h5-6,11,13,17,19H,4,7-10,12,14H2,1-3H3. The molecule has 0 spiro atoms. The molecule has 1 fully saturated rings. The highest BCUT2D eigenvalue weighted by molar-refractivity contribution is 7.99. The topological polar surface area (TPSA) is 99.3 Å². The van der Waals surface area contributed by atoms with Crippen LogP contribution >= 0.6 is 11.8 Å². The van der Waals surface area contributed by atoms with Crippen molar-refractivity contribution >= 4 is 34.7 Å². The third kappa shape index (κ3) is 4.35. The predicted octanol–water partition coefficient (Wildman–Crippen LogP) is 3.04. The molecule has 10 heteroatoms. The van der Waals surface area contributed by atoms with E-state index in [0.717, 1.165) is 11.3 Å². The summed E-state index contributed by atoms with van der Waals surface area (Å²) in [7, 11) is 0. The minimum Gasteiger partial charge on any atom is -0.466 e. The summed E-state index contributed by atoms with van der Waals surface area (Å²) < 4.78 is 8.48. The van der Waals surface area contributed by atoms with Crippen molar-refractivity contribution in [3.8, 4) is 5.69 Å². The van der Waals surface area contributed by atoms with Gasteiger partial charge in [0.25, 0.3) is 5.56 Å². The molecular formula is C25H29N5O4S. The average molecular weight is 496 g/mol. The number of aryl methyl sites for hydroxylation is 2. The molecule has 1 atom stereocenters. The van der Waals surface area contributed by atoms with E-state index < -0.39 is 0 Å². The van der Waals surface area contributed by atoms with E-state index >= 15 is 0 Å². The molecule has 0 aliphatic carbocycles. The molecule has 1 amide bonds. The number of aromatic nitrogens is 4. The van der Waals surface area contributed by atoms with Crippen molar-refractivity contribution in [3.63, 3.8) is 0 Å². The Morgan fingerprint density at radius 2 is 1.94 bits per heavy atom. The minimum atomic E-state index is -0.250. The minimum absolute atomic E-state index is 0.00332. The molecule has 2 aliphatic heterocycles. The maximum atomic E-state index is 13.4.